The van der Waals surface area contributed by atoms with Gasteiger partial charge in [0.2, 0.25) is 0 Å². The summed E-state index contributed by atoms with van der Waals surface area (Å²) in [5, 5.41) is 4.23. The molecule has 0 atom stereocenters. The van der Waals surface area contributed by atoms with Gasteiger partial charge in [0.05, 0.1) is 5.02 Å². The maximum Gasteiger partial charge on any atom is 0.131 e. The van der Waals surface area contributed by atoms with Crippen LogP contribution in [0.2, 0.25) is 5.02 Å². The molecular formula is C21H21ClN2O. The number of aryl methyl sites for hydroxylation is 1. The van der Waals surface area contributed by atoms with Gasteiger partial charge < -0.3 is 10.1 Å². The number of hydrogen-bond acceptors (Lipinski definition) is 3. The molecule has 0 saturated carbocycles. The number of carbonyl (C=O) groups is 1. The summed E-state index contributed by atoms with van der Waals surface area (Å²) >= 11 is 6.88. The monoisotopic (exact) mass is 352 g/mol. The first-order valence-corrected chi connectivity index (χ1v) is 9.13. The molecule has 128 valence electrons. The van der Waals surface area contributed by atoms with Gasteiger partial charge >= 0.3 is 0 Å². The summed E-state index contributed by atoms with van der Waals surface area (Å²) in [7, 11) is 0. The van der Waals surface area contributed by atoms with Crippen LogP contribution < -0.4 is 5.32 Å². The van der Waals surface area contributed by atoms with Crippen molar-refractivity contribution < 1.29 is 4.79 Å². The molecule has 1 aliphatic carbocycles. The molecule has 0 saturated heterocycles. The number of pyridine rings is 1. The minimum atomic E-state index is 0.0572. The minimum Gasteiger partial charge on any atom is -0.369 e. The lowest BCUT2D eigenvalue weighted by molar-refractivity contribution is -0.116. The molecule has 1 spiro atoms. The number of nitrogens with zero attached hydrogens (tertiary/aromatic N) is 1. The van der Waals surface area contributed by atoms with E-state index in [0.29, 0.717) is 6.42 Å². The number of anilines is 1. The lowest BCUT2D eigenvalue weighted by Crippen LogP contribution is -2.25. The van der Waals surface area contributed by atoms with E-state index in [2.05, 4.69) is 40.7 Å². The summed E-state index contributed by atoms with van der Waals surface area (Å²) in [4.78, 5) is 15.9. The summed E-state index contributed by atoms with van der Waals surface area (Å²) in [6.45, 7) is 2.53. The number of nitrogens with one attached hydrogen (secondary N) is 1. The molecule has 0 amide bonds. The number of aromatic nitrogens is 1. The van der Waals surface area contributed by atoms with E-state index in [9.17, 15) is 4.79 Å². The van der Waals surface area contributed by atoms with E-state index in [0.717, 1.165) is 58.9 Å². The van der Waals surface area contributed by atoms with Gasteiger partial charge in [0.25, 0.3) is 0 Å². The third-order valence-corrected chi connectivity index (χ3v) is 5.72. The zero-order chi connectivity index (χ0) is 17.4. The third kappa shape index (κ3) is 2.87. The van der Waals surface area contributed by atoms with E-state index in [1.165, 1.54) is 0 Å². The molecule has 4 rings (SSSR count). The van der Waals surface area contributed by atoms with Crippen LogP contribution >= 0.6 is 11.6 Å². The molecule has 1 aromatic heterocycles. The predicted octanol–water partition coefficient (Wildman–Crippen LogP) is 4.94. The fourth-order valence-corrected chi connectivity index (χ4v) is 4.36. The molecule has 1 aliphatic heterocycles. The smallest absolute Gasteiger partial charge is 0.131 e. The molecular weight excluding hydrogens is 332 g/mol. The number of carbonyl (C=O) groups excluding carboxylic acids is 1. The SMILES string of the molecule is CC(=O)CCc1cccc(-c2cnc3c(c2Cl)C2(CC=CC2)CN3)c1. The fourth-order valence-electron chi connectivity index (χ4n) is 3.91. The van der Waals surface area contributed by atoms with Crippen molar-refractivity contribution >= 4 is 23.2 Å². The molecule has 1 aromatic carbocycles. The number of benzene rings is 1. The van der Waals surface area contributed by atoms with Crippen LogP contribution in [0.5, 0.6) is 0 Å². The molecule has 25 heavy (non-hydrogen) atoms. The largest absolute Gasteiger partial charge is 0.369 e. The molecule has 3 nitrogen and oxygen atoms in total. The van der Waals surface area contributed by atoms with E-state index < -0.39 is 0 Å². The summed E-state index contributed by atoms with van der Waals surface area (Å²) in [5.41, 5.74) is 4.40. The van der Waals surface area contributed by atoms with Gasteiger partial charge in [-0.15, -0.1) is 0 Å². The molecule has 1 N–H and O–H groups in total. The third-order valence-electron chi connectivity index (χ3n) is 5.33. The second-order valence-corrected chi connectivity index (χ2v) is 7.50. The van der Waals surface area contributed by atoms with E-state index in [4.69, 9.17) is 11.6 Å². The number of rotatable bonds is 4. The molecule has 2 aliphatic rings. The average Bonchev–Trinajstić information content (AvgIpc) is 3.22. The second kappa shape index (κ2) is 6.30. The minimum absolute atomic E-state index is 0.0572. The van der Waals surface area contributed by atoms with E-state index >= 15 is 0 Å². The van der Waals surface area contributed by atoms with Gasteiger partial charge in [0, 0.05) is 35.7 Å². The van der Waals surface area contributed by atoms with Crippen LogP contribution in [0, 0.1) is 0 Å². The van der Waals surface area contributed by atoms with Crippen molar-refractivity contribution in [3.8, 4) is 11.1 Å². The molecule has 4 heteroatoms. The Labute approximate surface area is 153 Å². The topological polar surface area (TPSA) is 42.0 Å². The molecule has 0 bridgehead atoms. The zero-order valence-corrected chi connectivity index (χ0v) is 15.1. The Bertz CT molecular complexity index is 864. The maximum absolute atomic E-state index is 11.3. The van der Waals surface area contributed by atoms with Crippen LogP contribution in [-0.2, 0) is 16.6 Å². The van der Waals surface area contributed by atoms with Crippen LogP contribution in [0.25, 0.3) is 11.1 Å². The Balaban J connectivity index is 1.73. The Morgan fingerprint density at radius 3 is 2.88 bits per heavy atom. The highest BCUT2D eigenvalue weighted by atomic mass is 35.5. The zero-order valence-electron chi connectivity index (χ0n) is 14.3. The van der Waals surface area contributed by atoms with Crippen LogP contribution in [0.1, 0.15) is 37.3 Å². The lowest BCUT2D eigenvalue weighted by atomic mass is 9.80. The quantitative estimate of drug-likeness (QED) is 0.793. The molecule has 2 aromatic rings. The van der Waals surface area contributed by atoms with Crippen molar-refractivity contribution in [3.05, 3.63) is 58.8 Å². The van der Waals surface area contributed by atoms with Gasteiger partial charge in [-0.25, -0.2) is 4.98 Å². The molecule has 0 unspecified atom stereocenters. The first kappa shape index (κ1) is 16.3. The summed E-state index contributed by atoms with van der Waals surface area (Å²) in [6.07, 6.45) is 9.68. The Morgan fingerprint density at radius 2 is 2.12 bits per heavy atom. The van der Waals surface area contributed by atoms with Gasteiger partial charge in [0.1, 0.15) is 11.6 Å². The van der Waals surface area contributed by atoms with E-state index in [1.54, 1.807) is 6.92 Å². The highest BCUT2D eigenvalue weighted by molar-refractivity contribution is 6.34. The summed E-state index contributed by atoms with van der Waals surface area (Å²) in [5.74, 6) is 1.13. The molecule has 0 radical (unpaired) electrons. The summed E-state index contributed by atoms with van der Waals surface area (Å²) in [6, 6.07) is 8.28. The normalized spacial score (nSPS) is 16.9. The number of Topliss-reactive ketones (excluding diaryl/α,β-unsaturated/α-hetero) is 1. The summed E-state index contributed by atoms with van der Waals surface area (Å²) < 4.78 is 0. The van der Waals surface area contributed by atoms with Crippen molar-refractivity contribution in [3.63, 3.8) is 0 Å². The van der Waals surface area contributed by atoms with Crippen molar-refractivity contribution in [2.45, 2.75) is 38.0 Å². The average molecular weight is 353 g/mol. The van der Waals surface area contributed by atoms with Gasteiger partial charge in [0.15, 0.2) is 0 Å². The Hall–Kier alpha value is -2.13. The Morgan fingerprint density at radius 1 is 1.32 bits per heavy atom. The predicted molar refractivity (Wildman–Crippen MR) is 102 cm³/mol. The standard InChI is InChI=1S/C21H21ClN2O/c1-14(25)7-8-15-5-4-6-16(11-15)17-12-23-20-18(19(17)22)21(13-24-20)9-2-3-10-21/h2-6,11-12H,7-10,13H2,1H3,(H,23,24). The fraction of sp³-hybridized carbons (Fsp3) is 0.333. The van der Waals surface area contributed by atoms with Gasteiger partial charge in [-0.2, -0.15) is 0 Å². The van der Waals surface area contributed by atoms with Crippen LogP contribution in [0.3, 0.4) is 0 Å². The lowest BCUT2D eigenvalue weighted by Gasteiger charge is -2.24. The van der Waals surface area contributed by atoms with Crippen LogP contribution in [-0.4, -0.2) is 17.3 Å². The second-order valence-electron chi connectivity index (χ2n) is 7.13. The van der Waals surface area contributed by atoms with Crippen molar-refractivity contribution in [2.24, 2.45) is 0 Å². The number of hydrogen-bond donors (Lipinski definition) is 1. The first-order chi connectivity index (χ1) is 12.1. The van der Waals surface area contributed by atoms with Crippen LogP contribution in [0.4, 0.5) is 5.82 Å². The van der Waals surface area contributed by atoms with Crippen molar-refractivity contribution in [1.29, 1.82) is 0 Å². The van der Waals surface area contributed by atoms with E-state index in [1.807, 2.05) is 12.3 Å². The number of halogens is 1. The Kier molecular flexibility index (Phi) is 4.12. The number of fused-ring (bicyclic) bond motifs is 2. The highest BCUT2D eigenvalue weighted by Crippen LogP contribution is 2.49. The molecule has 2 heterocycles. The van der Waals surface area contributed by atoms with Crippen molar-refractivity contribution in [1.82, 2.24) is 4.98 Å². The van der Waals surface area contributed by atoms with Gasteiger partial charge in [-0.05, 0) is 37.3 Å². The molecule has 0 fully saturated rings. The van der Waals surface area contributed by atoms with Gasteiger partial charge in [-0.1, -0.05) is 48.0 Å². The van der Waals surface area contributed by atoms with Crippen LogP contribution in [0.15, 0.2) is 42.6 Å². The first-order valence-electron chi connectivity index (χ1n) is 8.76. The number of ketones is 1. The maximum atomic E-state index is 11.3. The number of allylic oxidation sites excluding steroid dienone is 2. The van der Waals surface area contributed by atoms with E-state index in [-0.39, 0.29) is 11.2 Å². The highest BCUT2D eigenvalue weighted by Gasteiger charge is 2.42. The van der Waals surface area contributed by atoms with Gasteiger partial charge in [-0.3, -0.25) is 0 Å². The van der Waals surface area contributed by atoms with Crippen molar-refractivity contribution in [2.75, 3.05) is 11.9 Å².